The third kappa shape index (κ3) is 18.5. The normalized spacial score (nSPS) is 11.1. The molecule has 0 fully saturated rings. The minimum absolute atomic E-state index is 0.00146. The Kier molecular flexibility index (Phi) is 27.4. The third-order valence-electron chi connectivity index (χ3n) is 16.1. The number of carbonyl (C=O) groups excluding carboxylic acids is 2. The molecule has 14 aromatic rings. The van der Waals surface area contributed by atoms with E-state index < -0.39 is 80.4 Å². The van der Waals surface area contributed by atoms with Crippen LogP contribution in [0.4, 0.5) is 39.5 Å². The Balaban J connectivity index is 0.000000151. The number of carbonyl (C=O) groups is 2. The Bertz CT molecular complexity index is 5900. The topological polar surface area (TPSA) is 194 Å². The lowest BCUT2D eigenvalue weighted by molar-refractivity contribution is -0.134. The number of aryl methyl sites for hydroxylation is 3. The van der Waals surface area contributed by atoms with Crippen molar-refractivity contribution < 1.29 is 75.9 Å². The number of ketones is 1. The fraction of sp³-hybridized carbons (Fsp3) is 0.145. The van der Waals surface area contributed by atoms with Gasteiger partial charge in [0.15, 0.2) is 11.2 Å². The predicted molar refractivity (Wildman–Crippen MR) is 407 cm³/mol. The molecule has 1 unspecified atom stereocenters. The smallest absolute Gasteiger partial charge is 0.310 e. The highest BCUT2D eigenvalue weighted by Gasteiger charge is 2.24. The number of rotatable bonds is 11. The average molecular weight is 1680 g/mol. The molecule has 14 rings (SSSR count). The molecule has 0 aliphatic heterocycles. The molecule has 1 atom stereocenters. The van der Waals surface area contributed by atoms with Crippen molar-refractivity contribution in [2.75, 3.05) is 0 Å². The van der Waals surface area contributed by atoms with Crippen LogP contribution in [-0.2, 0) is 29.4 Å². The summed E-state index contributed by atoms with van der Waals surface area (Å²) >= 11 is 9.73. The Labute approximate surface area is 633 Å². The van der Waals surface area contributed by atoms with Crippen LogP contribution in [0.15, 0.2) is 239 Å². The first-order chi connectivity index (χ1) is 51.6. The second-order valence-electron chi connectivity index (χ2n) is 23.3. The van der Waals surface area contributed by atoms with Crippen molar-refractivity contribution in [1.82, 2.24) is 0 Å². The van der Waals surface area contributed by atoms with Gasteiger partial charge >= 0.3 is 5.97 Å². The number of benzene rings is 9. The molecule has 108 heavy (non-hydrogen) atoms. The fourth-order valence-corrected chi connectivity index (χ4v) is 12.4. The summed E-state index contributed by atoms with van der Waals surface area (Å²) in [5, 5.41) is -0.0547. The first kappa shape index (κ1) is 81.1. The standard InChI is InChI=1S/C17H11BrF2O2.C17H12F2O2.C16H9BrF2O2.C11H8BrFO2.C11H11FO3.C11H9FO2/c1-9(18)17-14(10-4-2-5-11(19)8-10)16(21)15-12(20)6-3-7-13(15)22-17;1-2-13-15(10-5-3-6-11(18)9-10)17(20)16-12(19)7-4-8-14(16)21-13;17-8-13-14(9-3-1-4-10(18)7-9)16(20)15-11(19)5-2-6-12(15)21-13;1-2-7-10(12)11(14)9-6(13)4-3-5-8(9)15-7;1-3-10(14)15-9-6-4-5-8(12)11(9)7(2)13;1-2-7-6-9(13)11-8(12)4-3-5-10(11)14-7/h2-9H,1H3;3-9H,2H2,1H3;1-7H,8H2;3-5H,2H2,1H3;4-6H,3H2,1-2H3;3-6H,2H2,1H3. The number of ether oxygens (including phenoxy) is 1. The molecule has 0 amide bonds. The van der Waals surface area contributed by atoms with Gasteiger partial charge < -0.3 is 26.8 Å². The first-order valence-electron chi connectivity index (χ1n) is 33.0. The monoisotopic (exact) mass is 1670 g/mol. The zero-order valence-corrected chi connectivity index (χ0v) is 62.6. The van der Waals surface area contributed by atoms with Crippen molar-refractivity contribution in [3.05, 3.63) is 330 Å². The highest BCUT2D eigenvalue weighted by Crippen LogP contribution is 2.35. The number of hydrogen-bond donors (Lipinski definition) is 0. The van der Waals surface area contributed by atoms with Crippen LogP contribution in [0, 0.1) is 52.4 Å². The van der Waals surface area contributed by atoms with Crippen molar-refractivity contribution in [3.8, 4) is 39.1 Å². The summed E-state index contributed by atoms with van der Waals surface area (Å²) in [6.45, 7) is 10.2. The quantitative estimate of drug-likeness (QED) is 0.0390. The van der Waals surface area contributed by atoms with Gasteiger partial charge in [-0.05, 0) is 156 Å². The molecular weight excluding hydrogens is 1620 g/mol. The molecule has 13 nitrogen and oxygen atoms in total. The van der Waals surface area contributed by atoms with Crippen molar-refractivity contribution in [2.45, 2.75) is 77.4 Å². The second-order valence-corrected chi connectivity index (χ2v) is 26.0. The zero-order valence-electron chi connectivity index (χ0n) is 57.9. The number of esters is 1. The molecule has 554 valence electrons. The Morgan fingerprint density at radius 2 is 0.778 bits per heavy atom. The van der Waals surface area contributed by atoms with E-state index in [1.165, 1.54) is 153 Å². The molecular formula is C83H60Br3F9O13. The van der Waals surface area contributed by atoms with Crippen LogP contribution in [0.3, 0.4) is 0 Å². The molecule has 0 radical (unpaired) electrons. The van der Waals surface area contributed by atoms with Gasteiger partial charge in [0, 0.05) is 31.7 Å². The van der Waals surface area contributed by atoms with Gasteiger partial charge in [0.25, 0.3) is 0 Å². The van der Waals surface area contributed by atoms with E-state index >= 15 is 0 Å². The van der Waals surface area contributed by atoms with Gasteiger partial charge in [0.2, 0.25) is 21.7 Å². The maximum atomic E-state index is 14.0. The molecule has 5 heterocycles. The maximum Gasteiger partial charge on any atom is 0.310 e. The Morgan fingerprint density at radius 1 is 0.417 bits per heavy atom. The lowest BCUT2D eigenvalue weighted by Crippen LogP contribution is -2.11. The molecule has 25 heteroatoms. The molecule has 0 aliphatic rings. The number of halogens is 12. The number of alkyl halides is 2. The Hall–Kier alpha value is -11.0. The summed E-state index contributed by atoms with van der Waals surface area (Å²) in [4.78, 5) is 83.1. The van der Waals surface area contributed by atoms with Crippen LogP contribution < -0.4 is 31.9 Å². The van der Waals surface area contributed by atoms with Crippen LogP contribution in [0.1, 0.15) is 91.9 Å². The van der Waals surface area contributed by atoms with Gasteiger partial charge in [0.05, 0.1) is 32.4 Å². The number of fused-ring (bicyclic) bond motifs is 5. The molecule has 5 aromatic heterocycles. The van der Waals surface area contributed by atoms with Crippen LogP contribution in [0.5, 0.6) is 5.75 Å². The lowest BCUT2D eigenvalue weighted by atomic mass is 10.0. The molecule has 0 spiro atoms. The van der Waals surface area contributed by atoms with E-state index in [9.17, 15) is 73.1 Å². The summed E-state index contributed by atoms with van der Waals surface area (Å²) < 4.78 is 155. The zero-order chi connectivity index (χ0) is 78.4. The van der Waals surface area contributed by atoms with Gasteiger partial charge in [-0.1, -0.05) is 132 Å². The van der Waals surface area contributed by atoms with Gasteiger partial charge in [-0.3, -0.25) is 33.6 Å². The van der Waals surface area contributed by atoms with Crippen LogP contribution in [0.2, 0.25) is 0 Å². The van der Waals surface area contributed by atoms with E-state index in [1.54, 1.807) is 50.2 Å². The Morgan fingerprint density at radius 3 is 1.19 bits per heavy atom. The van der Waals surface area contributed by atoms with Crippen molar-refractivity contribution >= 4 is 114 Å². The highest BCUT2D eigenvalue weighted by molar-refractivity contribution is 9.10. The predicted octanol–water partition coefficient (Wildman–Crippen LogP) is 22.2. The summed E-state index contributed by atoms with van der Waals surface area (Å²) in [5.74, 6) is -3.87. The first-order valence-corrected chi connectivity index (χ1v) is 35.8. The summed E-state index contributed by atoms with van der Waals surface area (Å²) in [7, 11) is 0. The van der Waals surface area contributed by atoms with E-state index in [0.717, 1.165) is 6.07 Å². The molecule has 0 N–H and O–H groups in total. The van der Waals surface area contributed by atoms with Gasteiger partial charge in [-0.25, -0.2) is 39.5 Å². The lowest BCUT2D eigenvalue weighted by Gasteiger charge is -2.12. The average Bonchev–Trinajstić information content (AvgIpc) is 0.704. The third-order valence-corrected chi connectivity index (χ3v) is 17.8. The minimum Gasteiger partial charge on any atom is -0.461 e. The molecule has 0 saturated carbocycles. The van der Waals surface area contributed by atoms with E-state index in [1.807, 2.05) is 20.8 Å². The van der Waals surface area contributed by atoms with Crippen molar-refractivity contribution in [3.63, 3.8) is 0 Å². The second kappa shape index (κ2) is 36.5. The SMILES string of the molecule is CC(Br)c1oc2cccc(F)c2c(=O)c1-c1cccc(F)c1.CCC(=O)Oc1cccc(F)c1C(C)=O.CCc1cc(=O)c2c(F)cccc2o1.CCc1oc2cccc(F)c2c(=O)c1-c1cccc(F)c1.CCc1oc2cccc(F)c2c(=O)c1Br.O=c1c(-c2cccc(F)c2)c(CBr)oc2cccc(F)c12. The molecule has 0 saturated heterocycles. The minimum atomic E-state index is -0.677. The fourth-order valence-electron chi connectivity index (χ4n) is 11.1. The summed E-state index contributed by atoms with van der Waals surface area (Å²) in [5.41, 5.74) is 0.492. The van der Waals surface area contributed by atoms with E-state index in [4.69, 9.17) is 26.8 Å². The molecule has 0 aliphatic carbocycles. The van der Waals surface area contributed by atoms with E-state index in [-0.39, 0.29) is 99.1 Å². The summed E-state index contributed by atoms with van der Waals surface area (Å²) in [6.07, 6.45) is 1.84. The highest BCUT2D eigenvalue weighted by atomic mass is 79.9. The van der Waals surface area contributed by atoms with Crippen molar-refractivity contribution in [1.29, 1.82) is 0 Å². The van der Waals surface area contributed by atoms with E-state index in [2.05, 4.69) is 47.8 Å². The van der Waals surface area contributed by atoms with Gasteiger partial charge in [-0.15, -0.1) is 0 Å². The van der Waals surface area contributed by atoms with Crippen LogP contribution >= 0.6 is 47.8 Å². The van der Waals surface area contributed by atoms with Crippen molar-refractivity contribution in [2.24, 2.45) is 0 Å². The van der Waals surface area contributed by atoms with Crippen LogP contribution in [-0.4, -0.2) is 11.8 Å². The largest absolute Gasteiger partial charge is 0.461 e. The molecule has 0 bridgehead atoms. The maximum absolute atomic E-state index is 14.0. The van der Waals surface area contributed by atoms with E-state index in [0.29, 0.717) is 80.4 Å². The number of Topliss-reactive ketones (excluding diaryl/α,β-unsaturated/α-hetero) is 1. The molecule has 9 aromatic carbocycles. The van der Waals surface area contributed by atoms with Gasteiger partial charge in [0.1, 0.15) is 146 Å². The number of hydrogen-bond acceptors (Lipinski definition) is 13. The van der Waals surface area contributed by atoms with Crippen LogP contribution in [0.25, 0.3) is 88.2 Å². The van der Waals surface area contributed by atoms with Gasteiger partial charge in [-0.2, -0.15) is 0 Å². The summed E-state index contributed by atoms with van der Waals surface area (Å²) in [6, 6.07) is 43.5.